The van der Waals surface area contributed by atoms with Gasteiger partial charge in [-0.2, -0.15) is 0 Å². The first-order valence-electron chi connectivity index (χ1n) is 12.0. The number of ketones is 2. The van der Waals surface area contributed by atoms with E-state index < -0.39 is 11.8 Å². The number of carbonyl (C=O) groups is 4. The topological polar surface area (TPSA) is 131 Å². The number of nitrogens with one attached hydrogen (secondary N) is 2. The Hall–Kier alpha value is -4.87. The largest absolute Gasteiger partial charge is 0.296 e. The summed E-state index contributed by atoms with van der Waals surface area (Å²) in [7, 11) is 0. The number of thiazole rings is 2. The molecule has 9 nitrogen and oxygen atoms in total. The number of nitrogens with zero attached hydrogens (tertiary/aromatic N) is 3. The van der Waals surface area contributed by atoms with Crippen molar-refractivity contribution < 1.29 is 19.2 Å². The van der Waals surface area contributed by atoms with Gasteiger partial charge in [0.05, 0.1) is 21.1 Å². The van der Waals surface area contributed by atoms with Crippen molar-refractivity contribution in [1.82, 2.24) is 15.0 Å². The van der Waals surface area contributed by atoms with Crippen LogP contribution in [0.5, 0.6) is 0 Å². The lowest BCUT2D eigenvalue weighted by Gasteiger charge is -2.04. The highest BCUT2D eigenvalue weighted by Gasteiger charge is 2.21. The lowest BCUT2D eigenvalue weighted by atomic mass is 10.1. The van der Waals surface area contributed by atoms with Crippen LogP contribution in [0.2, 0.25) is 0 Å². The number of aromatic nitrogens is 3. The minimum atomic E-state index is -0.586. The number of hydrogen-bond acceptors (Lipinski definition) is 9. The summed E-state index contributed by atoms with van der Waals surface area (Å²) in [5.41, 5.74) is 2.46. The molecule has 2 N–H and O–H groups in total. The van der Waals surface area contributed by atoms with Crippen LogP contribution >= 0.6 is 22.7 Å². The van der Waals surface area contributed by atoms with Crippen LogP contribution in [-0.4, -0.2) is 38.3 Å². The Labute approximate surface area is 237 Å². The summed E-state index contributed by atoms with van der Waals surface area (Å²) in [6.45, 7) is 2.89. The van der Waals surface area contributed by atoms with Gasteiger partial charge in [-0.1, -0.05) is 89.4 Å². The van der Waals surface area contributed by atoms with Gasteiger partial charge in [0.25, 0.3) is 11.8 Å². The molecule has 2 aromatic carbocycles. The zero-order valence-electron chi connectivity index (χ0n) is 21.3. The first kappa shape index (κ1) is 26.7. The average Bonchev–Trinajstić information content (AvgIpc) is 3.59. The fourth-order valence-corrected chi connectivity index (χ4v) is 5.57. The molecule has 2 amide bonds. The predicted octanol–water partition coefficient (Wildman–Crippen LogP) is 6.24. The van der Waals surface area contributed by atoms with Gasteiger partial charge in [0.1, 0.15) is 11.4 Å². The maximum atomic E-state index is 13.0. The van der Waals surface area contributed by atoms with Crippen molar-refractivity contribution in [1.29, 1.82) is 0 Å². The lowest BCUT2D eigenvalue weighted by Crippen LogP contribution is -2.18. The molecule has 0 aliphatic rings. The second-order valence-electron chi connectivity index (χ2n) is 8.55. The third-order valence-electron chi connectivity index (χ3n) is 5.64. The number of rotatable bonds is 8. The number of amides is 2. The zero-order valence-corrected chi connectivity index (χ0v) is 22.9. The number of hydrogen-bond donors (Lipinski definition) is 2. The quantitative estimate of drug-likeness (QED) is 0.212. The summed E-state index contributed by atoms with van der Waals surface area (Å²) in [5.74, 6) is -1.51. The molecule has 3 aromatic heterocycles. The van der Waals surface area contributed by atoms with Crippen LogP contribution in [0.3, 0.4) is 0 Å². The third kappa shape index (κ3) is 5.75. The summed E-state index contributed by atoms with van der Waals surface area (Å²) in [5, 5.41) is 5.82. The van der Waals surface area contributed by atoms with Crippen molar-refractivity contribution in [2.24, 2.45) is 0 Å². The summed E-state index contributed by atoms with van der Waals surface area (Å²) in [4.78, 5) is 64.3. The molecule has 0 radical (unpaired) electrons. The van der Waals surface area contributed by atoms with Crippen molar-refractivity contribution in [2.75, 3.05) is 10.6 Å². The number of carbonyl (C=O) groups excluding carboxylic acids is 4. The van der Waals surface area contributed by atoms with Crippen molar-refractivity contribution in [2.45, 2.75) is 13.8 Å². The maximum absolute atomic E-state index is 13.0. The van der Waals surface area contributed by atoms with Gasteiger partial charge in [0, 0.05) is 25.0 Å². The Kier molecular flexibility index (Phi) is 7.67. The van der Waals surface area contributed by atoms with Gasteiger partial charge in [0.2, 0.25) is 0 Å². The summed E-state index contributed by atoms with van der Waals surface area (Å²) in [6.07, 6.45) is 0. The van der Waals surface area contributed by atoms with Gasteiger partial charge < -0.3 is 0 Å². The summed E-state index contributed by atoms with van der Waals surface area (Å²) < 4.78 is 0. The molecule has 0 saturated heterocycles. The zero-order chi connectivity index (χ0) is 28.2. The Morgan fingerprint density at radius 2 is 0.950 bits per heavy atom. The fraction of sp³-hybridized carbons (Fsp3) is 0.0690. The van der Waals surface area contributed by atoms with E-state index in [0.29, 0.717) is 21.1 Å². The molecular weight excluding hydrogens is 546 g/mol. The molecule has 3 heterocycles. The Bertz CT molecular complexity index is 1620. The SMILES string of the molecule is CC(=O)c1sc(NC(=O)c2cccc(C(=O)Nc3nc(-c4ccccc4)c(C(C)=O)s3)n2)nc1-c1ccccc1. The van der Waals surface area contributed by atoms with Gasteiger partial charge in [-0.3, -0.25) is 29.8 Å². The standard InChI is InChI=1S/C29H21N5O4S2/c1-16(35)24-22(18-10-5-3-6-11-18)31-28(39-24)33-26(37)20-14-9-15-21(30-20)27(38)34-29-32-23(25(40-29)17(2)36)19-12-7-4-8-13-19/h3-15H,1-2H3,(H,31,33,37)(H,32,34,38). The van der Waals surface area contributed by atoms with E-state index in [2.05, 4.69) is 25.6 Å². The first-order chi connectivity index (χ1) is 19.3. The van der Waals surface area contributed by atoms with Gasteiger partial charge in [-0.25, -0.2) is 15.0 Å². The van der Waals surface area contributed by atoms with Crippen molar-refractivity contribution in [3.8, 4) is 22.5 Å². The van der Waals surface area contributed by atoms with Crippen LogP contribution in [0.1, 0.15) is 54.2 Å². The molecule has 5 aromatic rings. The van der Waals surface area contributed by atoms with Crippen LogP contribution in [0.25, 0.3) is 22.5 Å². The maximum Gasteiger partial charge on any atom is 0.276 e. The van der Waals surface area contributed by atoms with E-state index >= 15 is 0 Å². The van der Waals surface area contributed by atoms with E-state index in [0.717, 1.165) is 33.8 Å². The molecule has 0 atom stereocenters. The molecule has 11 heteroatoms. The normalized spacial score (nSPS) is 10.7. The summed E-state index contributed by atoms with van der Waals surface area (Å²) in [6, 6.07) is 22.9. The van der Waals surface area contributed by atoms with E-state index in [-0.39, 0.29) is 33.2 Å². The van der Waals surface area contributed by atoms with Gasteiger partial charge in [-0.05, 0) is 12.1 Å². The Morgan fingerprint density at radius 1 is 0.550 bits per heavy atom. The highest BCUT2D eigenvalue weighted by Crippen LogP contribution is 2.33. The van der Waals surface area contributed by atoms with Crippen LogP contribution < -0.4 is 10.6 Å². The molecule has 0 unspecified atom stereocenters. The van der Waals surface area contributed by atoms with E-state index in [1.54, 1.807) is 0 Å². The minimum Gasteiger partial charge on any atom is -0.296 e. The number of benzene rings is 2. The molecule has 0 spiro atoms. The van der Waals surface area contributed by atoms with Crippen LogP contribution in [-0.2, 0) is 0 Å². The van der Waals surface area contributed by atoms with Gasteiger partial charge in [-0.15, -0.1) is 0 Å². The lowest BCUT2D eigenvalue weighted by molar-refractivity contribution is 0.100. The molecule has 5 rings (SSSR count). The third-order valence-corrected chi connectivity index (χ3v) is 7.79. The molecule has 198 valence electrons. The number of anilines is 2. The fourth-order valence-electron chi connectivity index (χ4n) is 3.82. The summed E-state index contributed by atoms with van der Waals surface area (Å²) >= 11 is 2.14. The second kappa shape index (κ2) is 11.5. The Balaban J connectivity index is 1.35. The average molecular weight is 568 g/mol. The Morgan fingerprint density at radius 3 is 1.32 bits per heavy atom. The highest BCUT2D eigenvalue weighted by molar-refractivity contribution is 7.18. The van der Waals surface area contributed by atoms with Crippen molar-refractivity contribution >= 4 is 56.3 Å². The first-order valence-corrected chi connectivity index (χ1v) is 13.7. The van der Waals surface area contributed by atoms with Gasteiger partial charge in [0.15, 0.2) is 21.8 Å². The smallest absolute Gasteiger partial charge is 0.276 e. The van der Waals surface area contributed by atoms with E-state index in [1.807, 2.05) is 60.7 Å². The van der Waals surface area contributed by atoms with E-state index in [4.69, 9.17) is 0 Å². The van der Waals surface area contributed by atoms with E-state index in [1.165, 1.54) is 32.0 Å². The van der Waals surface area contributed by atoms with Gasteiger partial charge >= 0.3 is 0 Å². The molecule has 40 heavy (non-hydrogen) atoms. The van der Waals surface area contributed by atoms with Crippen LogP contribution in [0.4, 0.5) is 10.3 Å². The van der Waals surface area contributed by atoms with Crippen LogP contribution in [0.15, 0.2) is 78.9 Å². The minimum absolute atomic E-state index is 0.0120. The molecule has 0 aliphatic heterocycles. The van der Waals surface area contributed by atoms with Crippen molar-refractivity contribution in [3.63, 3.8) is 0 Å². The van der Waals surface area contributed by atoms with Crippen molar-refractivity contribution in [3.05, 3.63) is 100 Å². The molecule has 0 saturated carbocycles. The van der Waals surface area contributed by atoms with E-state index in [9.17, 15) is 19.2 Å². The molecule has 0 fully saturated rings. The van der Waals surface area contributed by atoms with Crippen LogP contribution in [0, 0.1) is 0 Å². The predicted molar refractivity (Wildman–Crippen MR) is 155 cm³/mol. The highest BCUT2D eigenvalue weighted by atomic mass is 32.1. The number of pyridine rings is 1. The molecule has 0 bridgehead atoms. The second-order valence-corrected chi connectivity index (χ2v) is 10.6. The molecular formula is C29H21N5O4S2. The number of Topliss-reactive ketones (excluding diaryl/α,β-unsaturated/α-hetero) is 2. The molecule has 0 aliphatic carbocycles. The monoisotopic (exact) mass is 567 g/mol.